The summed E-state index contributed by atoms with van der Waals surface area (Å²) in [5, 5.41) is 3.72. The van der Waals surface area contributed by atoms with Crippen LogP contribution in [-0.2, 0) is 10.0 Å². The molecule has 1 aliphatic heterocycles. The number of halogens is 1. The molecular formula is C13H19ClN2O2S. The lowest BCUT2D eigenvalue weighted by Crippen LogP contribution is -2.57. The van der Waals surface area contributed by atoms with Crippen molar-refractivity contribution in [3.63, 3.8) is 0 Å². The second-order valence-corrected chi connectivity index (χ2v) is 7.30. The summed E-state index contributed by atoms with van der Waals surface area (Å²) in [5.41, 5.74) is 0.725. The molecule has 1 saturated heterocycles. The minimum Gasteiger partial charge on any atom is -0.311 e. The molecule has 1 aromatic carbocycles. The monoisotopic (exact) mass is 302 g/mol. The number of hydrogen-bond donors (Lipinski definition) is 1. The van der Waals surface area contributed by atoms with Gasteiger partial charge in [-0.1, -0.05) is 17.7 Å². The van der Waals surface area contributed by atoms with Crippen molar-refractivity contribution in [2.24, 2.45) is 0 Å². The summed E-state index contributed by atoms with van der Waals surface area (Å²) in [7, 11) is -3.49. The Hall–Kier alpha value is -0.620. The number of nitrogens with zero attached hydrogens (tertiary/aromatic N) is 1. The molecule has 0 saturated carbocycles. The number of hydrogen-bond acceptors (Lipinski definition) is 3. The smallest absolute Gasteiger partial charge is 0.243 e. The van der Waals surface area contributed by atoms with E-state index in [4.69, 9.17) is 11.6 Å². The molecule has 2 rings (SSSR count). The third kappa shape index (κ3) is 2.79. The van der Waals surface area contributed by atoms with Crippen molar-refractivity contribution in [3.05, 3.63) is 28.8 Å². The quantitative estimate of drug-likeness (QED) is 0.909. The van der Waals surface area contributed by atoms with Crippen LogP contribution in [0.4, 0.5) is 0 Å². The highest BCUT2D eigenvalue weighted by Gasteiger charge is 2.35. The van der Waals surface area contributed by atoms with E-state index in [1.165, 1.54) is 6.07 Å². The third-order valence-corrected chi connectivity index (χ3v) is 6.08. The summed E-state index contributed by atoms with van der Waals surface area (Å²) in [5.74, 6) is 0. The van der Waals surface area contributed by atoms with Crippen molar-refractivity contribution in [1.82, 2.24) is 9.62 Å². The van der Waals surface area contributed by atoms with Crippen molar-refractivity contribution in [1.29, 1.82) is 0 Å². The van der Waals surface area contributed by atoms with Gasteiger partial charge in [0.25, 0.3) is 0 Å². The molecule has 0 spiro atoms. The molecule has 1 aromatic rings. The Bertz CT molecular complexity index is 574. The van der Waals surface area contributed by atoms with Gasteiger partial charge in [-0.3, -0.25) is 0 Å². The lowest BCUT2D eigenvalue weighted by atomic mass is 10.1. The van der Waals surface area contributed by atoms with Crippen molar-refractivity contribution in [3.8, 4) is 0 Å². The van der Waals surface area contributed by atoms with E-state index < -0.39 is 10.0 Å². The van der Waals surface area contributed by atoms with E-state index in [0.717, 1.165) is 5.56 Å². The molecule has 1 N–H and O–H groups in total. The zero-order chi connectivity index (χ0) is 14.2. The Morgan fingerprint density at radius 2 is 2.05 bits per heavy atom. The molecule has 2 unspecified atom stereocenters. The van der Waals surface area contributed by atoms with Gasteiger partial charge in [-0.05, 0) is 38.5 Å². The molecule has 0 aliphatic carbocycles. The maximum absolute atomic E-state index is 12.8. The van der Waals surface area contributed by atoms with E-state index in [1.807, 2.05) is 13.8 Å². The lowest BCUT2D eigenvalue weighted by Gasteiger charge is -2.37. The molecule has 19 heavy (non-hydrogen) atoms. The predicted molar refractivity (Wildman–Crippen MR) is 77.0 cm³/mol. The molecule has 4 nitrogen and oxygen atoms in total. The summed E-state index contributed by atoms with van der Waals surface area (Å²) in [4.78, 5) is 0.306. The Balaban J connectivity index is 2.44. The summed E-state index contributed by atoms with van der Waals surface area (Å²) >= 11 is 5.93. The standard InChI is InChI=1S/C13H19ClN2O2S/c1-9-4-5-12(14)8-13(9)19(17,18)16-7-6-15-10(2)11(16)3/h4-5,8,10-11,15H,6-7H2,1-3H3. The number of aryl methyl sites for hydroxylation is 1. The topological polar surface area (TPSA) is 49.4 Å². The molecular weight excluding hydrogens is 284 g/mol. The van der Waals surface area contributed by atoms with Gasteiger partial charge in [0.2, 0.25) is 10.0 Å². The van der Waals surface area contributed by atoms with E-state index in [9.17, 15) is 8.42 Å². The van der Waals surface area contributed by atoms with E-state index >= 15 is 0 Å². The summed E-state index contributed by atoms with van der Waals surface area (Å²) in [6.45, 7) is 6.87. The van der Waals surface area contributed by atoms with Crippen LogP contribution >= 0.6 is 11.6 Å². The minimum atomic E-state index is -3.49. The molecule has 1 aliphatic rings. The lowest BCUT2D eigenvalue weighted by molar-refractivity contribution is 0.233. The van der Waals surface area contributed by atoms with Crippen LogP contribution in [0.1, 0.15) is 19.4 Å². The number of piperazine rings is 1. The van der Waals surface area contributed by atoms with Gasteiger partial charge in [0, 0.05) is 30.2 Å². The van der Waals surface area contributed by atoms with Crippen molar-refractivity contribution < 1.29 is 8.42 Å². The highest BCUT2D eigenvalue weighted by atomic mass is 35.5. The Morgan fingerprint density at radius 3 is 2.74 bits per heavy atom. The van der Waals surface area contributed by atoms with Crippen LogP contribution in [0.25, 0.3) is 0 Å². The van der Waals surface area contributed by atoms with Crippen LogP contribution in [0.5, 0.6) is 0 Å². The summed E-state index contributed by atoms with van der Waals surface area (Å²) < 4.78 is 27.1. The largest absolute Gasteiger partial charge is 0.311 e. The first-order chi connectivity index (χ1) is 8.84. The highest BCUT2D eigenvalue weighted by Crippen LogP contribution is 2.26. The molecule has 106 valence electrons. The van der Waals surface area contributed by atoms with Gasteiger partial charge < -0.3 is 5.32 Å². The summed E-state index contributed by atoms with van der Waals surface area (Å²) in [6, 6.07) is 5.05. The molecule has 0 aromatic heterocycles. The molecule has 0 radical (unpaired) electrons. The van der Waals surface area contributed by atoms with Gasteiger partial charge in [0.05, 0.1) is 4.90 Å². The van der Waals surface area contributed by atoms with Crippen molar-refractivity contribution in [2.45, 2.75) is 37.8 Å². The zero-order valence-electron chi connectivity index (χ0n) is 11.4. The fourth-order valence-corrected chi connectivity index (χ4v) is 4.54. The van der Waals surface area contributed by atoms with E-state index in [1.54, 1.807) is 23.4 Å². The summed E-state index contributed by atoms with van der Waals surface area (Å²) in [6.07, 6.45) is 0. The van der Waals surface area contributed by atoms with Gasteiger partial charge in [-0.15, -0.1) is 0 Å². The Labute approximate surface area is 119 Å². The van der Waals surface area contributed by atoms with Crippen LogP contribution in [0, 0.1) is 6.92 Å². The fraction of sp³-hybridized carbons (Fsp3) is 0.538. The maximum atomic E-state index is 12.8. The third-order valence-electron chi connectivity index (χ3n) is 3.71. The van der Waals surface area contributed by atoms with Gasteiger partial charge in [-0.25, -0.2) is 8.42 Å². The predicted octanol–water partition coefficient (Wildman–Crippen LogP) is 2.02. The molecule has 6 heteroatoms. The van der Waals surface area contributed by atoms with E-state index in [2.05, 4.69) is 5.32 Å². The first-order valence-corrected chi connectivity index (χ1v) is 8.17. The van der Waals surface area contributed by atoms with Gasteiger partial charge >= 0.3 is 0 Å². The normalized spacial score (nSPS) is 25.5. The van der Waals surface area contributed by atoms with Crippen LogP contribution in [0.3, 0.4) is 0 Å². The maximum Gasteiger partial charge on any atom is 0.243 e. The van der Waals surface area contributed by atoms with Crippen LogP contribution in [0.2, 0.25) is 5.02 Å². The Morgan fingerprint density at radius 1 is 1.37 bits per heavy atom. The van der Waals surface area contributed by atoms with Gasteiger partial charge in [-0.2, -0.15) is 4.31 Å². The number of benzene rings is 1. The molecule has 0 amide bonds. The molecule has 1 heterocycles. The van der Waals surface area contributed by atoms with Crippen molar-refractivity contribution in [2.75, 3.05) is 13.1 Å². The molecule has 2 atom stereocenters. The first-order valence-electron chi connectivity index (χ1n) is 6.35. The van der Waals surface area contributed by atoms with E-state index in [0.29, 0.717) is 23.0 Å². The van der Waals surface area contributed by atoms with Crippen molar-refractivity contribution >= 4 is 21.6 Å². The average molecular weight is 303 g/mol. The zero-order valence-corrected chi connectivity index (χ0v) is 12.9. The second-order valence-electron chi connectivity index (χ2n) is 5.01. The molecule has 1 fully saturated rings. The first kappa shape index (κ1) is 14.8. The number of nitrogens with one attached hydrogen (secondary N) is 1. The van der Waals surface area contributed by atoms with Crippen LogP contribution in [0.15, 0.2) is 23.1 Å². The fourth-order valence-electron chi connectivity index (χ4n) is 2.34. The molecule has 0 bridgehead atoms. The number of sulfonamides is 1. The SMILES string of the molecule is Cc1ccc(Cl)cc1S(=O)(=O)N1CCNC(C)C1C. The minimum absolute atomic E-state index is 0.0721. The van der Waals surface area contributed by atoms with Crippen LogP contribution in [-0.4, -0.2) is 37.9 Å². The average Bonchev–Trinajstić information content (AvgIpc) is 2.35. The van der Waals surface area contributed by atoms with Gasteiger partial charge in [0.1, 0.15) is 0 Å². The second kappa shape index (κ2) is 5.40. The van der Waals surface area contributed by atoms with E-state index in [-0.39, 0.29) is 12.1 Å². The van der Waals surface area contributed by atoms with Gasteiger partial charge in [0.15, 0.2) is 0 Å². The Kier molecular flexibility index (Phi) is 4.20. The number of rotatable bonds is 2. The van der Waals surface area contributed by atoms with Crippen LogP contribution < -0.4 is 5.32 Å². The highest BCUT2D eigenvalue weighted by molar-refractivity contribution is 7.89.